The second-order valence-electron chi connectivity index (χ2n) is 6.72. The van der Waals surface area contributed by atoms with Crippen molar-refractivity contribution in [3.8, 4) is 0 Å². The fourth-order valence-electron chi connectivity index (χ4n) is 2.87. The van der Waals surface area contributed by atoms with E-state index in [9.17, 15) is 0 Å². The zero-order valence-electron chi connectivity index (χ0n) is 16.5. The first kappa shape index (κ1) is 20.7. The van der Waals surface area contributed by atoms with Gasteiger partial charge in [-0.05, 0) is 50.9 Å². The molecule has 0 spiro atoms. The average Bonchev–Trinajstić information content (AvgIpc) is 3.21. The number of ether oxygens (including phenoxy) is 1. The Morgan fingerprint density at radius 3 is 2.67 bits per heavy atom. The number of nitrogens with one attached hydrogen (secondary N) is 1. The molecular weight excluding hydrogens is 334 g/mol. The molecule has 144 valence electrons. The van der Waals surface area contributed by atoms with E-state index in [1.807, 2.05) is 42.3 Å². The lowest BCUT2D eigenvalue weighted by molar-refractivity contribution is 0.197. The minimum absolute atomic E-state index is 0.449. The zero-order chi connectivity index (χ0) is 19.5. The molecule has 1 atom stereocenters. The van der Waals surface area contributed by atoms with Crippen molar-refractivity contribution in [2.24, 2.45) is 5.10 Å². The van der Waals surface area contributed by atoms with Crippen LogP contribution in [0.25, 0.3) is 0 Å². The van der Waals surface area contributed by atoms with Crippen molar-refractivity contribution in [2.45, 2.75) is 32.7 Å². The van der Waals surface area contributed by atoms with Crippen LogP contribution in [0.5, 0.6) is 0 Å². The molecule has 1 fully saturated rings. The number of benzene rings is 1. The molecule has 1 aliphatic heterocycles. The molecule has 0 aliphatic carbocycles. The van der Waals surface area contributed by atoms with Crippen molar-refractivity contribution >= 4 is 5.71 Å². The minimum Gasteiger partial charge on any atom is -0.492 e. The van der Waals surface area contributed by atoms with E-state index in [0.717, 1.165) is 29.2 Å². The summed E-state index contributed by atoms with van der Waals surface area (Å²) in [4.78, 5) is 0. The van der Waals surface area contributed by atoms with Gasteiger partial charge in [0, 0.05) is 12.2 Å². The van der Waals surface area contributed by atoms with Gasteiger partial charge in [-0.3, -0.25) is 5.01 Å². The highest BCUT2D eigenvalue weighted by Gasteiger charge is 2.14. The van der Waals surface area contributed by atoms with Gasteiger partial charge in [0.2, 0.25) is 0 Å². The maximum Gasteiger partial charge on any atom is 0.118 e. The van der Waals surface area contributed by atoms with E-state index in [0.29, 0.717) is 19.2 Å². The largest absolute Gasteiger partial charge is 0.492 e. The van der Waals surface area contributed by atoms with Crippen molar-refractivity contribution in [1.82, 2.24) is 10.3 Å². The summed E-state index contributed by atoms with van der Waals surface area (Å²) in [5.74, 6) is 0.789. The van der Waals surface area contributed by atoms with Crippen LogP contribution in [0.4, 0.5) is 0 Å². The van der Waals surface area contributed by atoms with Gasteiger partial charge in [0.05, 0.1) is 12.3 Å². The third-order valence-corrected chi connectivity index (χ3v) is 4.44. The molecule has 0 saturated carbocycles. The summed E-state index contributed by atoms with van der Waals surface area (Å²) in [7, 11) is 0. The molecule has 1 heterocycles. The van der Waals surface area contributed by atoms with Crippen LogP contribution in [-0.2, 0) is 4.74 Å². The van der Waals surface area contributed by atoms with Gasteiger partial charge in [0.1, 0.15) is 12.4 Å². The fraction of sp³-hybridized carbons (Fsp3) is 0.348. The van der Waals surface area contributed by atoms with Gasteiger partial charge < -0.3 is 10.1 Å². The summed E-state index contributed by atoms with van der Waals surface area (Å²) in [5, 5.41) is 9.93. The van der Waals surface area contributed by atoms with Gasteiger partial charge in [0.15, 0.2) is 0 Å². The van der Waals surface area contributed by atoms with Gasteiger partial charge >= 0.3 is 0 Å². The Bertz CT molecular complexity index is 698. The molecular formula is C23H31N3O. The predicted molar refractivity (Wildman–Crippen MR) is 115 cm³/mol. The zero-order valence-corrected chi connectivity index (χ0v) is 16.5. The maximum absolute atomic E-state index is 5.85. The lowest BCUT2D eigenvalue weighted by atomic mass is 10.1. The number of allylic oxidation sites excluding steroid dienone is 3. The summed E-state index contributed by atoms with van der Waals surface area (Å²) in [6.45, 7) is 14.2. The first-order valence-electron chi connectivity index (χ1n) is 9.48. The van der Waals surface area contributed by atoms with Crippen LogP contribution in [0.1, 0.15) is 32.3 Å². The average molecular weight is 366 g/mol. The lowest BCUT2D eigenvalue weighted by Gasteiger charge is -2.16. The van der Waals surface area contributed by atoms with Gasteiger partial charge in [-0.25, -0.2) is 0 Å². The summed E-state index contributed by atoms with van der Waals surface area (Å²) in [6, 6.07) is 10.6. The summed E-state index contributed by atoms with van der Waals surface area (Å²) in [5.41, 5.74) is 3.22. The number of hydrogen-bond acceptors (Lipinski definition) is 4. The highest BCUT2D eigenvalue weighted by molar-refractivity contribution is 5.98. The molecule has 1 saturated heterocycles. The van der Waals surface area contributed by atoms with Crippen molar-refractivity contribution in [1.29, 1.82) is 0 Å². The first-order valence-corrected chi connectivity index (χ1v) is 9.48. The van der Waals surface area contributed by atoms with E-state index in [-0.39, 0.29) is 0 Å². The quantitative estimate of drug-likeness (QED) is 0.284. The molecule has 1 aromatic carbocycles. The van der Waals surface area contributed by atoms with Crippen molar-refractivity contribution in [3.63, 3.8) is 0 Å². The highest BCUT2D eigenvalue weighted by Crippen LogP contribution is 2.10. The van der Waals surface area contributed by atoms with Crippen molar-refractivity contribution in [3.05, 3.63) is 84.8 Å². The Hall–Kier alpha value is -2.59. The van der Waals surface area contributed by atoms with Gasteiger partial charge in [0.25, 0.3) is 0 Å². The molecule has 0 bridgehead atoms. The van der Waals surface area contributed by atoms with E-state index in [4.69, 9.17) is 4.74 Å². The second kappa shape index (κ2) is 11.2. The van der Waals surface area contributed by atoms with E-state index >= 15 is 0 Å². The van der Waals surface area contributed by atoms with Crippen molar-refractivity contribution in [2.75, 3.05) is 19.7 Å². The topological polar surface area (TPSA) is 36.9 Å². The monoisotopic (exact) mass is 365 g/mol. The summed E-state index contributed by atoms with van der Waals surface area (Å²) >= 11 is 0. The lowest BCUT2D eigenvalue weighted by Crippen LogP contribution is -2.26. The Kier molecular flexibility index (Phi) is 8.59. The maximum atomic E-state index is 5.85. The van der Waals surface area contributed by atoms with Crippen LogP contribution in [0.3, 0.4) is 0 Å². The summed E-state index contributed by atoms with van der Waals surface area (Å²) in [6.07, 6.45) is 9.90. The van der Waals surface area contributed by atoms with Gasteiger partial charge in [-0.15, -0.1) is 0 Å². The normalized spacial score (nSPS) is 18.3. The molecule has 4 nitrogen and oxygen atoms in total. The molecule has 0 amide bonds. The van der Waals surface area contributed by atoms with Crippen molar-refractivity contribution < 1.29 is 4.74 Å². The van der Waals surface area contributed by atoms with Gasteiger partial charge in [-0.1, -0.05) is 55.1 Å². The van der Waals surface area contributed by atoms with Crippen LogP contribution >= 0.6 is 0 Å². The first-order chi connectivity index (χ1) is 13.1. The molecule has 4 heteroatoms. The number of nitrogens with zero attached hydrogens (tertiary/aromatic N) is 2. The predicted octanol–water partition coefficient (Wildman–Crippen LogP) is 4.64. The Labute approximate surface area is 163 Å². The third kappa shape index (κ3) is 7.27. The molecule has 1 aliphatic rings. The molecule has 0 aromatic heterocycles. The standard InChI is InChI=1S/C23H31N3O/c1-5-23(27-18-22-13-10-16-24-22)15-14-19(3)17-26(6-2)25-20(4)21-11-8-7-9-12-21/h5-9,11-12,14-15,22,24H,1-2,10,13,16-18H2,3-4H3/b19-14+,23-15+,25-20+. The van der Waals surface area contributed by atoms with Crippen LogP contribution < -0.4 is 5.32 Å². The van der Waals surface area contributed by atoms with Crippen LogP contribution in [-0.4, -0.2) is 36.5 Å². The van der Waals surface area contributed by atoms with Crippen LogP contribution in [0.15, 0.2) is 84.4 Å². The molecule has 27 heavy (non-hydrogen) atoms. The summed E-state index contributed by atoms with van der Waals surface area (Å²) < 4.78 is 5.85. The molecule has 0 radical (unpaired) electrons. The number of hydrogen-bond donors (Lipinski definition) is 1. The smallest absolute Gasteiger partial charge is 0.118 e. The Morgan fingerprint density at radius 1 is 1.26 bits per heavy atom. The van der Waals surface area contributed by atoms with E-state index in [2.05, 4.69) is 42.6 Å². The van der Waals surface area contributed by atoms with Crippen LogP contribution in [0, 0.1) is 0 Å². The van der Waals surface area contributed by atoms with E-state index < -0.39 is 0 Å². The van der Waals surface area contributed by atoms with E-state index in [1.54, 1.807) is 12.3 Å². The van der Waals surface area contributed by atoms with Gasteiger partial charge in [-0.2, -0.15) is 5.10 Å². The SMILES string of the molecule is C=C/C(=C\C=C(/C)CN(C=C)/N=C(\C)c1ccccc1)OCC1CCCN1. The molecule has 1 unspecified atom stereocenters. The highest BCUT2D eigenvalue weighted by atomic mass is 16.5. The molecule has 1 N–H and O–H groups in total. The third-order valence-electron chi connectivity index (χ3n) is 4.44. The van der Waals surface area contributed by atoms with Crippen LogP contribution in [0.2, 0.25) is 0 Å². The van der Waals surface area contributed by atoms with E-state index in [1.165, 1.54) is 12.8 Å². The number of hydrazone groups is 1. The molecule has 2 rings (SSSR count). The molecule has 1 aromatic rings. The minimum atomic E-state index is 0.449. The Morgan fingerprint density at radius 2 is 2.04 bits per heavy atom. The Balaban J connectivity index is 1.94. The second-order valence-corrected chi connectivity index (χ2v) is 6.72. The number of rotatable bonds is 10. The fourth-order valence-corrected chi connectivity index (χ4v) is 2.87.